The number of carbonyl (C=O) groups is 2. The molecule has 3 amide bonds. The zero-order chi connectivity index (χ0) is 14.3. The van der Waals surface area contributed by atoms with Gasteiger partial charge in [0.15, 0.2) is 11.5 Å². The SMILES string of the molecule is COc1cc2c(cc1/C=C1/NC(=O)N(C)C1=O)OCO2. The van der Waals surface area contributed by atoms with Crippen molar-refractivity contribution in [1.82, 2.24) is 10.2 Å². The van der Waals surface area contributed by atoms with Crippen molar-refractivity contribution in [3.8, 4) is 17.2 Å². The fourth-order valence-electron chi connectivity index (χ4n) is 2.01. The smallest absolute Gasteiger partial charge is 0.328 e. The predicted molar refractivity (Wildman–Crippen MR) is 68.4 cm³/mol. The van der Waals surface area contributed by atoms with Crippen LogP contribution in [0.2, 0.25) is 0 Å². The molecule has 20 heavy (non-hydrogen) atoms. The fraction of sp³-hybridized carbons (Fsp3) is 0.231. The summed E-state index contributed by atoms with van der Waals surface area (Å²) in [7, 11) is 2.93. The Morgan fingerprint density at radius 1 is 1.30 bits per heavy atom. The quantitative estimate of drug-likeness (QED) is 0.642. The number of carbonyl (C=O) groups excluding carboxylic acids is 2. The van der Waals surface area contributed by atoms with Crippen molar-refractivity contribution in [2.45, 2.75) is 0 Å². The van der Waals surface area contributed by atoms with Crippen molar-refractivity contribution < 1.29 is 23.8 Å². The molecule has 1 saturated heterocycles. The first kappa shape index (κ1) is 12.3. The summed E-state index contributed by atoms with van der Waals surface area (Å²) in [6.07, 6.45) is 1.55. The summed E-state index contributed by atoms with van der Waals surface area (Å²) in [5.74, 6) is 1.29. The molecule has 0 unspecified atom stereocenters. The Labute approximate surface area is 114 Å². The summed E-state index contributed by atoms with van der Waals surface area (Å²) < 4.78 is 15.8. The molecule has 7 heteroatoms. The van der Waals surface area contributed by atoms with Crippen molar-refractivity contribution in [3.63, 3.8) is 0 Å². The molecule has 1 aromatic carbocycles. The first-order valence-corrected chi connectivity index (χ1v) is 5.88. The number of urea groups is 1. The minimum Gasteiger partial charge on any atom is -0.496 e. The van der Waals surface area contributed by atoms with E-state index in [9.17, 15) is 9.59 Å². The van der Waals surface area contributed by atoms with E-state index in [1.807, 2.05) is 0 Å². The fourth-order valence-corrected chi connectivity index (χ4v) is 2.01. The molecule has 1 aromatic rings. The highest BCUT2D eigenvalue weighted by atomic mass is 16.7. The van der Waals surface area contributed by atoms with Gasteiger partial charge in [0.1, 0.15) is 11.4 Å². The van der Waals surface area contributed by atoms with Gasteiger partial charge in [0.25, 0.3) is 5.91 Å². The molecular weight excluding hydrogens is 264 g/mol. The summed E-state index contributed by atoms with van der Waals surface area (Å²) in [6.45, 7) is 0.150. The van der Waals surface area contributed by atoms with Crippen LogP contribution < -0.4 is 19.5 Å². The molecule has 0 spiro atoms. The Kier molecular flexibility index (Phi) is 2.74. The topological polar surface area (TPSA) is 77.1 Å². The minimum absolute atomic E-state index is 0.150. The molecule has 104 valence electrons. The van der Waals surface area contributed by atoms with Crippen molar-refractivity contribution in [3.05, 3.63) is 23.4 Å². The van der Waals surface area contributed by atoms with Gasteiger partial charge in [-0.25, -0.2) is 4.79 Å². The lowest BCUT2D eigenvalue weighted by molar-refractivity contribution is -0.121. The number of methoxy groups -OCH3 is 1. The van der Waals surface area contributed by atoms with Crippen LogP contribution in [0.4, 0.5) is 4.79 Å². The van der Waals surface area contributed by atoms with Crippen LogP contribution >= 0.6 is 0 Å². The Balaban J connectivity index is 2.03. The maximum atomic E-state index is 11.8. The van der Waals surface area contributed by atoms with Crippen molar-refractivity contribution in [1.29, 1.82) is 0 Å². The van der Waals surface area contributed by atoms with E-state index in [1.54, 1.807) is 18.2 Å². The highest BCUT2D eigenvalue weighted by molar-refractivity contribution is 6.13. The number of hydrogen-bond donors (Lipinski definition) is 1. The number of hydrogen-bond acceptors (Lipinski definition) is 5. The molecule has 2 aliphatic rings. The zero-order valence-corrected chi connectivity index (χ0v) is 10.9. The molecule has 7 nitrogen and oxygen atoms in total. The predicted octanol–water partition coefficient (Wildman–Crippen LogP) is 0.946. The van der Waals surface area contributed by atoms with Gasteiger partial charge in [-0.15, -0.1) is 0 Å². The molecule has 0 atom stereocenters. The molecule has 2 heterocycles. The molecule has 3 rings (SSSR count). The second-order valence-corrected chi connectivity index (χ2v) is 4.30. The normalized spacial score (nSPS) is 18.7. The molecule has 1 fully saturated rings. The molecule has 2 aliphatic heterocycles. The van der Waals surface area contributed by atoms with Crippen LogP contribution in [-0.2, 0) is 4.79 Å². The minimum atomic E-state index is -0.457. The van der Waals surface area contributed by atoms with Gasteiger partial charge in [0, 0.05) is 18.7 Å². The largest absolute Gasteiger partial charge is 0.496 e. The molecule has 0 aliphatic carbocycles. The maximum absolute atomic E-state index is 11.8. The molecular formula is C13H12N2O5. The first-order valence-electron chi connectivity index (χ1n) is 5.88. The van der Waals surface area contributed by atoms with Gasteiger partial charge in [-0.3, -0.25) is 9.69 Å². The van der Waals surface area contributed by atoms with Gasteiger partial charge in [-0.1, -0.05) is 0 Å². The van der Waals surface area contributed by atoms with Gasteiger partial charge in [0.2, 0.25) is 6.79 Å². The van der Waals surface area contributed by atoms with Crippen molar-refractivity contribution >= 4 is 18.0 Å². The molecule has 0 saturated carbocycles. The Hall–Kier alpha value is -2.70. The summed E-state index contributed by atoms with van der Waals surface area (Å²) >= 11 is 0. The second kappa shape index (κ2) is 4.44. The summed E-state index contributed by atoms with van der Waals surface area (Å²) in [6, 6.07) is 2.92. The number of amides is 3. The van der Waals surface area contributed by atoms with E-state index in [0.29, 0.717) is 22.8 Å². The average molecular weight is 276 g/mol. The van der Waals surface area contributed by atoms with Gasteiger partial charge in [0.05, 0.1) is 7.11 Å². The molecule has 0 aromatic heterocycles. The first-order chi connectivity index (χ1) is 9.60. The third-order valence-electron chi connectivity index (χ3n) is 3.11. The average Bonchev–Trinajstić information content (AvgIpc) is 2.98. The number of fused-ring (bicyclic) bond motifs is 1. The summed E-state index contributed by atoms with van der Waals surface area (Å²) in [4.78, 5) is 24.2. The van der Waals surface area contributed by atoms with E-state index < -0.39 is 11.9 Å². The summed E-state index contributed by atoms with van der Waals surface area (Å²) in [5, 5.41) is 2.49. The Bertz CT molecular complexity index is 638. The zero-order valence-electron chi connectivity index (χ0n) is 10.9. The second-order valence-electron chi connectivity index (χ2n) is 4.30. The van der Waals surface area contributed by atoms with Gasteiger partial charge in [-0.2, -0.15) is 0 Å². The number of benzene rings is 1. The highest BCUT2D eigenvalue weighted by Crippen LogP contribution is 2.38. The molecule has 0 bridgehead atoms. The van der Waals surface area contributed by atoms with Crippen molar-refractivity contribution in [2.24, 2.45) is 0 Å². The number of imide groups is 1. The highest BCUT2D eigenvalue weighted by Gasteiger charge is 2.30. The van der Waals surface area contributed by atoms with E-state index in [1.165, 1.54) is 14.2 Å². The number of ether oxygens (including phenoxy) is 3. The van der Waals surface area contributed by atoms with Gasteiger partial charge >= 0.3 is 6.03 Å². The van der Waals surface area contributed by atoms with E-state index in [-0.39, 0.29) is 12.5 Å². The van der Waals surface area contributed by atoms with Crippen LogP contribution in [0.25, 0.3) is 6.08 Å². The number of nitrogens with zero attached hydrogens (tertiary/aromatic N) is 1. The lowest BCUT2D eigenvalue weighted by atomic mass is 10.1. The van der Waals surface area contributed by atoms with Gasteiger partial charge < -0.3 is 19.5 Å². The number of nitrogens with one attached hydrogen (secondary N) is 1. The van der Waals surface area contributed by atoms with Crippen LogP contribution in [0.3, 0.4) is 0 Å². The van der Waals surface area contributed by atoms with Crippen LogP contribution in [-0.4, -0.2) is 37.8 Å². The van der Waals surface area contributed by atoms with Crippen LogP contribution in [0, 0.1) is 0 Å². The summed E-state index contributed by atoms with van der Waals surface area (Å²) in [5.41, 5.74) is 0.811. The van der Waals surface area contributed by atoms with Crippen LogP contribution in [0.5, 0.6) is 17.2 Å². The van der Waals surface area contributed by atoms with Gasteiger partial charge in [-0.05, 0) is 12.1 Å². The lowest BCUT2D eigenvalue weighted by Crippen LogP contribution is -2.25. The van der Waals surface area contributed by atoms with E-state index >= 15 is 0 Å². The number of likely N-dealkylation sites (N-methyl/N-ethyl adjacent to an activating group) is 1. The third-order valence-corrected chi connectivity index (χ3v) is 3.11. The number of rotatable bonds is 2. The van der Waals surface area contributed by atoms with Crippen molar-refractivity contribution in [2.75, 3.05) is 21.0 Å². The monoisotopic (exact) mass is 276 g/mol. The molecule has 0 radical (unpaired) electrons. The Morgan fingerprint density at radius 3 is 2.60 bits per heavy atom. The van der Waals surface area contributed by atoms with Crippen LogP contribution in [0.15, 0.2) is 17.8 Å². The van der Waals surface area contributed by atoms with E-state index in [0.717, 1.165) is 4.90 Å². The standard InChI is InChI=1S/C13H12N2O5/c1-15-12(16)8(14-13(15)17)3-7-4-10-11(20-6-19-10)5-9(7)18-2/h3-5H,6H2,1-2H3,(H,14,17)/b8-3+. The lowest BCUT2D eigenvalue weighted by Gasteiger charge is -2.07. The Morgan fingerprint density at radius 2 is 2.00 bits per heavy atom. The third kappa shape index (κ3) is 1.83. The van der Waals surface area contributed by atoms with E-state index in [4.69, 9.17) is 14.2 Å². The van der Waals surface area contributed by atoms with E-state index in [2.05, 4.69) is 5.32 Å². The maximum Gasteiger partial charge on any atom is 0.328 e. The molecule has 1 N–H and O–H groups in total. The van der Waals surface area contributed by atoms with Crippen LogP contribution in [0.1, 0.15) is 5.56 Å².